The third kappa shape index (κ3) is 3.07. The molecule has 4 nitrogen and oxygen atoms in total. The van der Waals surface area contributed by atoms with Gasteiger partial charge < -0.3 is 4.90 Å². The highest BCUT2D eigenvalue weighted by Crippen LogP contribution is 2.33. The molecule has 25 heavy (non-hydrogen) atoms. The number of aromatic nitrogens is 2. The Kier molecular flexibility index (Phi) is 4.32. The van der Waals surface area contributed by atoms with Gasteiger partial charge in [0.1, 0.15) is 5.01 Å². The van der Waals surface area contributed by atoms with Gasteiger partial charge in [0, 0.05) is 47.6 Å². The fraction of sp³-hybridized carbons (Fsp3) is 0.250. The van der Waals surface area contributed by atoms with Gasteiger partial charge in [0.15, 0.2) is 0 Å². The summed E-state index contributed by atoms with van der Waals surface area (Å²) in [5.74, 6) is 0.225. The molecule has 0 fully saturated rings. The zero-order valence-corrected chi connectivity index (χ0v) is 14.9. The summed E-state index contributed by atoms with van der Waals surface area (Å²) in [5.41, 5.74) is 5.48. The number of nitrogens with zero attached hydrogens (tertiary/aromatic N) is 3. The molecule has 3 heterocycles. The van der Waals surface area contributed by atoms with E-state index in [-0.39, 0.29) is 5.91 Å². The zero-order valence-electron chi connectivity index (χ0n) is 14.1. The molecule has 3 aromatic rings. The molecule has 2 aromatic heterocycles. The smallest absolute Gasteiger partial charge is 0.226 e. The molecular weight excluding hydrogens is 330 g/mol. The Morgan fingerprint density at radius 1 is 1.12 bits per heavy atom. The van der Waals surface area contributed by atoms with Gasteiger partial charge in [-0.1, -0.05) is 6.07 Å². The van der Waals surface area contributed by atoms with E-state index < -0.39 is 0 Å². The quantitative estimate of drug-likeness (QED) is 0.696. The van der Waals surface area contributed by atoms with Crippen molar-refractivity contribution in [3.63, 3.8) is 0 Å². The van der Waals surface area contributed by atoms with E-state index in [9.17, 15) is 4.79 Å². The number of hydrogen-bond acceptors (Lipinski definition) is 4. The van der Waals surface area contributed by atoms with Gasteiger partial charge in [-0.25, -0.2) is 4.98 Å². The van der Waals surface area contributed by atoms with Gasteiger partial charge in [0.2, 0.25) is 5.91 Å². The molecule has 0 spiro atoms. The Morgan fingerprint density at radius 3 is 2.76 bits per heavy atom. The number of carbonyl (C=O) groups excluding carboxylic acids is 1. The number of anilines is 1. The van der Waals surface area contributed by atoms with Crippen molar-refractivity contribution in [3.05, 3.63) is 53.7 Å². The summed E-state index contributed by atoms with van der Waals surface area (Å²) >= 11 is 1.64. The maximum absolute atomic E-state index is 12.2. The Morgan fingerprint density at radius 2 is 1.96 bits per heavy atom. The summed E-state index contributed by atoms with van der Waals surface area (Å²) < 4.78 is 0. The number of rotatable bonds is 3. The highest BCUT2D eigenvalue weighted by atomic mass is 32.1. The molecule has 5 heteroatoms. The number of carbonyl (C=O) groups is 1. The SMILES string of the molecule is CCN1C(=O)CCCc2cc(-c3csc(-c4ccncc4)n3)ccc21. The fourth-order valence-electron chi connectivity index (χ4n) is 3.29. The van der Waals surface area contributed by atoms with Crippen LogP contribution in [0.5, 0.6) is 0 Å². The van der Waals surface area contributed by atoms with Crippen molar-refractivity contribution in [2.45, 2.75) is 26.2 Å². The molecule has 0 N–H and O–H groups in total. The topological polar surface area (TPSA) is 46.1 Å². The molecule has 1 aromatic carbocycles. The molecular formula is C20H19N3OS. The third-order valence-electron chi connectivity index (χ3n) is 4.55. The number of hydrogen-bond donors (Lipinski definition) is 0. The number of thiazole rings is 1. The van der Waals surface area contributed by atoms with Gasteiger partial charge >= 0.3 is 0 Å². The van der Waals surface area contributed by atoms with Crippen LogP contribution < -0.4 is 4.90 Å². The van der Waals surface area contributed by atoms with Crippen LogP contribution in [0.1, 0.15) is 25.3 Å². The molecule has 1 amide bonds. The summed E-state index contributed by atoms with van der Waals surface area (Å²) in [6, 6.07) is 10.3. The van der Waals surface area contributed by atoms with Gasteiger partial charge in [0.05, 0.1) is 5.69 Å². The van der Waals surface area contributed by atoms with Crippen molar-refractivity contribution in [3.8, 4) is 21.8 Å². The van der Waals surface area contributed by atoms with Crippen molar-refractivity contribution in [1.82, 2.24) is 9.97 Å². The first-order chi connectivity index (χ1) is 12.3. The van der Waals surface area contributed by atoms with Crippen LogP contribution >= 0.6 is 11.3 Å². The van der Waals surface area contributed by atoms with Crippen molar-refractivity contribution >= 4 is 22.9 Å². The number of amides is 1. The van der Waals surface area contributed by atoms with Crippen molar-refractivity contribution in [1.29, 1.82) is 0 Å². The lowest BCUT2D eigenvalue weighted by Crippen LogP contribution is -2.29. The standard InChI is InChI=1S/C20H19N3OS/c1-2-23-18-7-6-15(12-16(18)4-3-5-19(23)24)17-13-25-20(22-17)14-8-10-21-11-9-14/h6-13H,2-5H2,1H3. The lowest BCUT2D eigenvalue weighted by Gasteiger charge is -2.21. The second kappa shape index (κ2) is 6.76. The molecule has 0 atom stereocenters. The molecule has 0 unspecified atom stereocenters. The Balaban J connectivity index is 1.70. The summed E-state index contributed by atoms with van der Waals surface area (Å²) in [6.07, 6.45) is 6.04. The van der Waals surface area contributed by atoms with Crippen LogP contribution in [0.2, 0.25) is 0 Å². The molecule has 0 bridgehead atoms. The van der Waals surface area contributed by atoms with Crippen LogP contribution in [0.25, 0.3) is 21.8 Å². The van der Waals surface area contributed by atoms with Crippen molar-refractivity contribution in [2.75, 3.05) is 11.4 Å². The van der Waals surface area contributed by atoms with E-state index in [1.165, 1.54) is 5.56 Å². The van der Waals surface area contributed by atoms with Crippen LogP contribution in [0, 0.1) is 0 Å². The largest absolute Gasteiger partial charge is 0.312 e. The monoisotopic (exact) mass is 349 g/mol. The average Bonchev–Trinajstić information content (AvgIpc) is 3.08. The lowest BCUT2D eigenvalue weighted by atomic mass is 10.0. The first-order valence-corrected chi connectivity index (χ1v) is 9.44. The zero-order chi connectivity index (χ0) is 17.2. The molecule has 1 aliphatic rings. The molecule has 0 saturated carbocycles. The summed E-state index contributed by atoms with van der Waals surface area (Å²) in [7, 11) is 0. The fourth-order valence-corrected chi connectivity index (χ4v) is 4.12. The van der Waals surface area contributed by atoms with Gasteiger partial charge in [-0.2, -0.15) is 0 Å². The summed E-state index contributed by atoms with van der Waals surface area (Å²) in [4.78, 5) is 23.0. The minimum Gasteiger partial charge on any atom is -0.312 e. The molecule has 1 aliphatic heterocycles. The number of pyridine rings is 1. The molecule has 126 valence electrons. The Labute approximate surface area is 151 Å². The Hall–Kier alpha value is -2.53. The normalized spacial score (nSPS) is 14.3. The van der Waals surface area contributed by atoms with Gasteiger partial charge in [-0.15, -0.1) is 11.3 Å². The van der Waals surface area contributed by atoms with E-state index in [2.05, 4.69) is 28.6 Å². The van der Waals surface area contributed by atoms with E-state index >= 15 is 0 Å². The second-order valence-corrected chi connectivity index (χ2v) is 6.97. The highest BCUT2D eigenvalue weighted by Gasteiger charge is 2.21. The van der Waals surface area contributed by atoms with E-state index in [1.807, 2.05) is 24.0 Å². The van der Waals surface area contributed by atoms with Gasteiger partial charge in [-0.05, 0) is 49.6 Å². The van der Waals surface area contributed by atoms with Gasteiger partial charge in [-0.3, -0.25) is 9.78 Å². The van der Waals surface area contributed by atoms with E-state index in [1.54, 1.807) is 23.7 Å². The van der Waals surface area contributed by atoms with Crippen molar-refractivity contribution < 1.29 is 4.79 Å². The third-order valence-corrected chi connectivity index (χ3v) is 5.44. The average molecular weight is 349 g/mol. The van der Waals surface area contributed by atoms with Crippen LogP contribution in [-0.4, -0.2) is 22.4 Å². The number of fused-ring (bicyclic) bond motifs is 1. The summed E-state index contributed by atoms with van der Waals surface area (Å²) in [6.45, 7) is 2.75. The van der Waals surface area contributed by atoms with E-state index in [4.69, 9.17) is 4.98 Å². The summed E-state index contributed by atoms with van der Waals surface area (Å²) in [5, 5.41) is 3.09. The van der Waals surface area contributed by atoms with Crippen LogP contribution in [-0.2, 0) is 11.2 Å². The van der Waals surface area contributed by atoms with E-state index in [0.29, 0.717) is 13.0 Å². The Bertz CT molecular complexity index is 904. The molecule has 4 rings (SSSR count). The highest BCUT2D eigenvalue weighted by molar-refractivity contribution is 7.13. The molecule has 0 saturated heterocycles. The van der Waals surface area contributed by atoms with Gasteiger partial charge in [0.25, 0.3) is 0 Å². The lowest BCUT2D eigenvalue weighted by molar-refractivity contribution is -0.118. The van der Waals surface area contributed by atoms with Crippen molar-refractivity contribution in [2.24, 2.45) is 0 Å². The van der Waals surface area contributed by atoms with Crippen LogP contribution in [0.4, 0.5) is 5.69 Å². The second-order valence-electron chi connectivity index (χ2n) is 6.11. The number of benzene rings is 1. The maximum Gasteiger partial charge on any atom is 0.226 e. The van der Waals surface area contributed by atoms with Crippen LogP contribution in [0.3, 0.4) is 0 Å². The van der Waals surface area contributed by atoms with Crippen LogP contribution in [0.15, 0.2) is 48.1 Å². The minimum atomic E-state index is 0.225. The maximum atomic E-state index is 12.2. The predicted molar refractivity (Wildman–Crippen MR) is 102 cm³/mol. The first kappa shape index (κ1) is 16.0. The van der Waals surface area contributed by atoms with E-state index in [0.717, 1.165) is 40.4 Å². The molecule has 0 aliphatic carbocycles. The molecule has 0 radical (unpaired) electrons. The first-order valence-electron chi connectivity index (χ1n) is 8.56. The minimum absolute atomic E-state index is 0.225. The predicted octanol–water partition coefficient (Wildman–Crippen LogP) is 4.56. The number of aryl methyl sites for hydroxylation is 1.